The second kappa shape index (κ2) is 16.5. The molecule has 0 bridgehead atoms. The summed E-state index contributed by atoms with van der Waals surface area (Å²) in [6, 6.07) is 77.5. The molecule has 17 rings (SSSR count). The maximum Gasteiger partial charge on any atom is 0.237 e. The number of thiophene rings is 2. The monoisotopic (exact) mass is 1070 g/mol. The second-order valence-corrected chi connectivity index (χ2v) is 24.7. The van der Waals surface area contributed by atoms with Crippen LogP contribution < -0.4 is 0 Å². The molecule has 0 N–H and O–H groups in total. The number of aromatic nitrogens is 4. The highest BCUT2D eigenvalue weighted by molar-refractivity contribution is 7.27. The number of hydrogen-bond donors (Lipinski definition) is 0. The van der Waals surface area contributed by atoms with Gasteiger partial charge in [-0.15, -0.1) is 22.7 Å². The molecule has 8 heteroatoms. The summed E-state index contributed by atoms with van der Waals surface area (Å²) in [7, 11) is 0. The van der Waals surface area contributed by atoms with Crippen molar-refractivity contribution >= 4 is 156 Å². The maximum absolute atomic E-state index is 12.9. The van der Waals surface area contributed by atoms with Crippen LogP contribution in [-0.2, 0) is 5.41 Å². The van der Waals surface area contributed by atoms with E-state index in [-0.39, 0.29) is 5.41 Å². The zero-order chi connectivity index (χ0) is 54.2. The SMILES string of the molecule is [C-]#[N+]c1c(-n2c3ccccc3c3ccccc32)c(-n2c3ccc(C)cc3c3ccc4c5ccccc5sc4c32)c(-n2c3ccccc3c3ccccc32)c(C#N)c1-n1c2ccc(C(C)(C)C)cc2c2ccc3c4ccccc4sc3c21. The summed E-state index contributed by atoms with van der Waals surface area (Å²) >= 11 is 3.58. The summed E-state index contributed by atoms with van der Waals surface area (Å²) in [4.78, 5) is 4.93. The largest absolute Gasteiger partial charge is 0.317 e. The van der Waals surface area contributed by atoms with E-state index in [4.69, 9.17) is 4.85 Å². The summed E-state index contributed by atoms with van der Waals surface area (Å²) in [5.41, 5.74) is 13.4. The van der Waals surface area contributed by atoms with Crippen molar-refractivity contribution in [3.05, 3.63) is 234 Å². The zero-order valence-electron chi connectivity index (χ0n) is 44.6. The van der Waals surface area contributed by atoms with E-state index < -0.39 is 0 Å². The molecule has 11 aromatic carbocycles. The van der Waals surface area contributed by atoms with Gasteiger partial charge in [-0.3, -0.25) is 0 Å². The van der Waals surface area contributed by atoms with Crippen LogP contribution in [0.5, 0.6) is 0 Å². The van der Waals surface area contributed by atoms with Crippen molar-refractivity contribution in [2.24, 2.45) is 0 Å². The Hall–Kier alpha value is -9.96. The smallest absolute Gasteiger partial charge is 0.237 e. The summed E-state index contributed by atoms with van der Waals surface area (Å²) in [5.74, 6) is 0. The molecule has 0 amide bonds. The number of nitrogens with zero attached hydrogens (tertiary/aromatic N) is 6. The van der Waals surface area contributed by atoms with Crippen LogP contribution in [0.3, 0.4) is 0 Å². The minimum Gasteiger partial charge on any atom is -0.317 e. The topological polar surface area (TPSA) is 47.9 Å². The summed E-state index contributed by atoms with van der Waals surface area (Å²) in [6.45, 7) is 19.0. The van der Waals surface area contributed by atoms with Crippen LogP contribution in [0.15, 0.2) is 206 Å². The first-order valence-electron chi connectivity index (χ1n) is 27.4. The molecule has 6 nitrogen and oxygen atoms in total. The van der Waals surface area contributed by atoms with Crippen LogP contribution in [0, 0.1) is 24.8 Å². The highest BCUT2D eigenvalue weighted by Gasteiger charge is 2.36. The molecule has 0 radical (unpaired) electrons. The van der Waals surface area contributed by atoms with Gasteiger partial charge in [-0.05, 0) is 78.6 Å². The molecular weight excluding hydrogens is 1020 g/mol. The fourth-order valence-corrected chi connectivity index (χ4v) is 16.2. The lowest BCUT2D eigenvalue weighted by Crippen LogP contribution is -2.15. The summed E-state index contributed by atoms with van der Waals surface area (Å²) in [5, 5.41) is 26.2. The van der Waals surface area contributed by atoms with Gasteiger partial charge < -0.3 is 18.3 Å². The Labute approximate surface area is 472 Å². The van der Waals surface area contributed by atoms with Crippen LogP contribution in [0.1, 0.15) is 37.5 Å². The Bertz CT molecular complexity index is 5490. The zero-order valence-corrected chi connectivity index (χ0v) is 46.3. The summed E-state index contributed by atoms with van der Waals surface area (Å²) < 4.78 is 14.1. The standard InChI is InChI=1S/C73H46N6S2/c1-41-30-36-60-53(38-41)49-32-34-52-48-23-11-17-29-63(48)81-72(52)68(49)79(60)70-66(76-56-24-12-6-18-43(56)44-19-7-13-25-57(44)76)55(40-74)65(64(75-5)69(70)77-58-26-14-8-20-45(58)46-21-9-15-27-59(46)77)78-61-37-31-42(73(2,3)4)39-54(61)50-33-35-51-47-22-10-16-28-62(47)80-71(51)67(50)78/h6-39H,1-4H3. The molecule has 6 heterocycles. The maximum atomic E-state index is 12.9. The first-order valence-corrected chi connectivity index (χ1v) is 29.1. The van der Waals surface area contributed by atoms with Crippen molar-refractivity contribution < 1.29 is 0 Å². The van der Waals surface area contributed by atoms with E-state index in [2.05, 4.69) is 258 Å². The lowest BCUT2D eigenvalue weighted by atomic mass is 9.86. The average Bonchev–Trinajstić information content (AvgIpc) is 2.43. The Morgan fingerprint density at radius 1 is 0.395 bits per heavy atom. The number of rotatable bonds is 4. The predicted molar refractivity (Wildman–Crippen MR) is 344 cm³/mol. The van der Waals surface area contributed by atoms with E-state index in [1.165, 1.54) is 25.7 Å². The Balaban J connectivity index is 1.21. The molecule has 6 aromatic heterocycles. The first-order chi connectivity index (χ1) is 39.7. The molecule has 0 atom stereocenters. The molecule has 0 aliphatic carbocycles. The fraction of sp³-hybridized carbons (Fsp3) is 0.0685. The van der Waals surface area contributed by atoms with Crippen molar-refractivity contribution in [1.82, 2.24) is 18.3 Å². The Morgan fingerprint density at radius 2 is 0.802 bits per heavy atom. The third-order valence-electron chi connectivity index (χ3n) is 17.2. The molecular formula is C73H46N6S2. The summed E-state index contributed by atoms with van der Waals surface area (Å²) in [6.07, 6.45) is 0. The van der Waals surface area contributed by atoms with Gasteiger partial charge in [0, 0.05) is 74.0 Å². The van der Waals surface area contributed by atoms with Crippen LogP contribution >= 0.6 is 22.7 Å². The van der Waals surface area contributed by atoms with Gasteiger partial charge in [-0.1, -0.05) is 172 Å². The van der Waals surface area contributed by atoms with Crippen LogP contribution in [0.4, 0.5) is 5.69 Å². The molecule has 380 valence electrons. The van der Waals surface area contributed by atoms with Crippen molar-refractivity contribution in [2.45, 2.75) is 33.1 Å². The van der Waals surface area contributed by atoms with Gasteiger partial charge in [0.1, 0.15) is 6.07 Å². The molecule has 0 aliphatic rings. The number of fused-ring (bicyclic) bond motifs is 20. The van der Waals surface area contributed by atoms with Crippen LogP contribution in [0.2, 0.25) is 0 Å². The third kappa shape index (κ3) is 6.13. The van der Waals surface area contributed by atoms with Gasteiger partial charge in [0.15, 0.2) is 0 Å². The predicted octanol–water partition coefficient (Wildman–Crippen LogP) is 20.8. The third-order valence-corrected chi connectivity index (χ3v) is 19.6. The molecule has 0 aliphatic heterocycles. The number of aryl methyl sites for hydroxylation is 1. The van der Waals surface area contributed by atoms with Crippen molar-refractivity contribution in [3.63, 3.8) is 0 Å². The quantitative estimate of drug-likeness (QED) is 0.162. The van der Waals surface area contributed by atoms with Gasteiger partial charge in [0.2, 0.25) is 5.69 Å². The van der Waals surface area contributed by atoms with Gasteiger partial charge in [0.25, 0.3) is 0 Å². The average molecular weight is 1070 g/mol. The molecule has 0 saturated carbocycles. The Kier molecular flexibility index (Phi) is 9.40. The van der Waals surface area contributed by atoms with Crippen molar-refractivity contribution in [3.8, 4) is 28.8 Å². The van der Waals surface area contributed by atoms with E-state index in [1.54, 1.807) is 22.7 Å². The fourth-order valence-electron chi connectivity index (χ4n) is 13.7. The number of benzene rings is 11. The molecule has 81 heavy (non-hydrogen) atoms. The van der Waals surface area contributed by atoms with Gasteiger partial charge in [0.05, 0.1) is 88.4 Å². The number of nitriles is 1. The van der Waals surface area contributed by atoms with Gasteiger partial charge in [-0.25, -0.2) is 4.85 Å². The minimum absolute atomic E-state index is 0.153. The minimum atomic E-state index is -0.153. The number of para-hydroxylation sites is 4. The lowest BCUT2D eigenvalue weighted by molar-refractivity contribution is 0.591. The van der Waals surface area contributed by atoms with E-state index in [0.717, 1.165) is 119 Å². The Morgan fingerprint density at radius 3 is 1.28 bits per heavy atom. The van der Waals surface area contributed by atoms with Crippen LogP contribution in [0.25, 0.3) is 155 Å². The van der Waals surface area contributed by atoms with Crippen molar-refractivity contribution in [1.29, 1.82) is 5.26 Å². The second-order valence-electron chi connectivity index (χ2n) is 22.6. The first kappa shape index (κ1) is 46.0. The lowest BCUT2D eigenvalue weighted by Gasteiger charge is -2.27. The van der Waals surface area contributed by atoms with E-state index in [0.29, 0.717) is 28.3 Å². The molecule has 0 fully saturated rings. The van der Waals surface area contributed by atoms with Crippen molar-refractivity contribution in [2.75, 3.05) is 0 Å². The van der Waals surface area contributed by atoms with E-state index in [1.807, 2.05) is 0 Å². The number of hydrogen-bond acceptors (Lipinski definition) is 3. The van der Waals surface area contributed by atoms with Gasteiger partial charge in [-0.2, -0.15) is 5.26 Å². The van der Waals surface area contributed by atoms with E-state index >= 15 is 0 Å². The van der Waals surface area contributed by atoms with Gasteiger partial charge >= 0.3 is 0 Å². The van der Waals surface area contributed by atoms with E-state index in [9.17, 15) is 11.8 Å². The van der Waals surface area contributed by atoms with Crippen LogP contribution in [-0.4, -0.2) is 18.3 Å². The molecule has 0 saturated heterocycles. The highest BCUT2D eigenvalue weighted by atomic mass is 32.1. The normalized spacial score (nSPS) is 12.4. The molecule has 0 unspecified atom stereocenters. The highest BCUT2D eigenvalue weighted by Crippen LogP contribution is 2.54. The molecule has 17 aromatic rings. The molecule has 0 spiro atoms.